The lowest BCUT2D eigenvalue weighted by atomic mass is 10.4. The zero-order valence-corrected chi connectivity index (χ0v) is 11.1. The van der Waals surface area contributed by atoms with Crippen molar-refractivity contribution >= 4 is 20.8 Å². The third kappa shape index (κ3) is 4.50. The Morgan fingerprint density at radius 3 is 2.65 bits per heavy atom. The van der Waals surface area contributed by atoms with Gasteiger partial charge in [0, 0.05) is 42.1 Å². The van der Waals surface area contributed by atoms with Crippen LogP contribution < -0.4 is 10.5 Å². The maximum atomic E-state index is 11.7. The Morgan fingerprint density at radius 2 is 2.18 bits per heavy atom. The van der Waals surface area contributed by atoms with E-state index in [0.29, 0.717) is 5.69 Å². The monoisotopic (exact) mass is 277 g/mol. The normalized spacial score (nSPS) is 13.5. The first-order chi connectivity index (χ1) is 7.95. The second kappa shape index (κ2) is 6.20. The van der Waals surface area contributed by atoms with E-state index in [1.807, 2.05) is 0 Å². The number of hydrogen-bond donors (Lipinski definition) is 2. The van der Waals surface area contributed by atoms with Crippen LogP contribution in [-0.4, -0.2) is 36.2 Å². The van der Waals surface area contributed by atoms with Crippen LogP contribution in [-0.2, 0) is 27.4 Å². The summed E-state index contributed by atoms with van der Waals surface area (Å²) >= 11 is 0. The Hall–Kier alpha value is -0.830. The van der Waals surface area contributed by atoms with Crippen molar-refractivity contribution in [2.45, 2.75) is 11.4 Å². The van der Waals surface area contributed by atoms with Gasteiger partial charge in [0.25, 0.3) is 0 Å². The van der Waals surface area contributed by atoms with Crippen LogP contribution in [0.1, 0.15) is 5.69 Å². The lowest BCUT2D eigenvalue weighted by molar-refractivity contribution is 0.583. The average Bonchev–Trinajstić information content (AvgIpc) is 2.28. The molecular weight excluding hydrogens is 262 g/mol. The molecule has 0 saturated carbocycles. The standard InChI is InChI=1S/C9H15N3O3S2/c1-16(13)5-4-12-17(14,15)9-3-2-8(6-10)11-7-9/h2-3,7,12H,4-6,10H2,1H3. The number of pyridine rings is 1. The summed E-state index contributed by atoms with van der Waals surface area (Å²) in [6.45, 7) is 0.409. The second-order valence-electron chi connectivity index (χ2n) is 3.36. The SMILES string of the molecule is CS(=O)CCNS(=O)(=O)c1ccc(CN)nc1. The van der Waals surface area contributed by atoms with E-state index in [4.69, 9.17) is 5.73 Å². The molecule has 8 heteroatoms. The van der Waals surface area contributed by atoms with Crippen LogP contribution in [0.4, 0.5) is 0 Å². The van der Waals surface area contributed by atoms with Crippen LogP contribution in [0.25, 0.3) is 0 Å². The van der Waals surface area contributed by atoms with E-state index in [2.05, 4.69) is 9.71 Å². The first-order valence-corrected chi connectivity index (χ1v) is 8.11. The summed E-state index contributed by atoms with van der Waals surface area (Å²) in [6, 6.07) is 3.01. The minimum absolute atomic E-state index is 0.0802. The molecule has 0 fully saturated rings. The van der Waals surface area contributed by atoms with Gasteiger partial charge in [0.2, 0.25) is 10.0 Å². The molecule has 1 rings (SSSR count). The number of hydrogen-bond acceptors (Lipinski definition) is 5. The predicted octanol–water partition coefficient (Wildman–Crippen LogP) is -0.803. The van der Waals surface area contributed by atoms with Gasteiger partial charge in [-0.1, -0.05) is 0 Å². The van der Waals surface area contributed by atoms with E-state index >= 15 is 0 Å². The molecule has 0 amide bonds. The molecular formula is C9H15N3O3S2. The van der Waals surface area contributed by atoms with Gasteiger partial charge in [-0.2, -0.15) is 0 Å². The molecule has 3 N–H and O–H groups in total. The van der Waals surface area contributed by atoms with Gasteiger partial charge in [-0.3, -0.25) is 9.19 Å². The molecule has 0 aliphatic heterocycles. The van der Waals surface area contributed by atoms with Crippen molar-refractivity contribution in [1.29, 1.82) is 0 Å². The summed E-state index contributed by atoms with van der Waals surface area (Å²) in [4.78, 5) is 3.98. The molecule has 0 aromatic carbocycles. The number of aromatic nitrogens is 1. The summed E-state index contributed by atoms with van der Waals surface area (Å²) in [6.07, 6.45) is 2.78. The van der Waals surface area contributed by atoms with E-state index in [0.717, 1.165) is 0 Å². The topological polar surface area (TPSA) is 102 Å². The van der Waals surface area contributed by atoms with Gasteiger partial charge in [-0.05, 0) is 12.1 Å². The number of sulfonamides is 1. The maximum absolute atomic E-state index is 11.7. The smallest absolute Gasteiger partial charge is 0.242 e. The summed E-state index contributed by atoms with van der Waals surface area (Å²) in [5.41, 5.74) is 5.98. The molecule has 0 bridgehead atoms. The number of rotatable bonds is 6. The Bertz CT molecular complexity index is 485. The fourth-order valence-electron chi connectivity index (χ4n) is 1.09. The average molecular weight is 277 g/mol. The van der Waals surface area contributed by atoms with E-state index in [1.165, 1.54) is 18.5 Å². The molecule has 17 heavy (non-hydrogen) atoms. The zero-order chi connectivity index (χ0) is 12.9. The number of nitrogens with one attached hydrogen (secondary N) is 1. The molecule has 6 nitrogen and oxygen atoms in total. The van der Waals surface area contributed by atoms with Gasteiger partial charge in [-0.25, -0.2) is 13.1 Å². The maximum Gasteiger partial charge on any atom is 0.242 e. The third-order valence-electron chi connectivity index (χ3n) is 2.00. The van der Waals surface area contributed by atoms with Crippen molar-refractivity contribution in [3.63, 3.8) is 0 Å². The van der Waals surface area contributed by atoms with E-state index in [1.54, 1.807) is 6.07 Å². The lowest BCUT2D eigenvalue weighted by Crippen LogP contribution is -2.27. The summed E-state index contributed by atoms with van der Waals surface area (Å²) in [5, 5.41) is 0. The molecule has 0 saturated heterocycles. The van der Waals surface area contributed by atoms with Crippen molar-refractivity contribution in [3.05, 3.63) is 24.0 Å². The highest BCUT2D eigenvalue weighted by atomic mass is 32.2. The molecule has 0 aliphatic carbocycles. The highest BCUT2D eigenvalue weighted by molar-refractivity contribution is 7.89. The Labute approximate surface area is 103 Å². The van der Waals surface area contributed by atoms with Crippen LogP contribution in [0.15, 0.2) is 23.2 Å². The quantitative estimate of drug-likeness (QED) is 0.708. The highest BCUT2D eigenvalue weighted by Gasteiger charge is 2.13. The first-order valence-electron chi connectivity index (χ1n) is 4.90. The van der Waals surface area contributed by atoms with Crippen LogP contribution in [0, 0.1) is 0 Å². The van der Waals surface area contributed by atoms with Gasteiger partial charge in [0.15, 0.2) is 0 Å². The summed E-state index contributed by atoms with van der Waals surface area (Å²) in [7, 11) is -4.59. The Kier molecular flexibility index (Phi) is 5.19. The summed E-state index contributed by atoms with van der Waals surface area (Å²) < 4.78 is 36.6. The van der Waals surface area contributed by atoms with Crippen LogP contribution in [0.2, 0.25) is 0 Å². The van der Waals surface area contributed by atoms with Gasteiger partial charge in [0.05, 0.1) is 5.69 Å². The zero-order valence-electron chi connectivity index (χ0n) is 9.42. The van der Waals surface area contributed by atoms with Crippen molar-refractivity contribution in [3.8, 4) is 0 Å². The van der Waals surface area contributed by atoms with Gasteiger partial charge >= 0.3 is 0 Å². The molecule has 1 aromatic heterocycles. The first kappa shape index (κ1) is 14.2. The molecule has 96 valence electrons. The minimum atomic E-state index is -3.57. The molecule has 1 heterocycles. The Morgan fingerprint density at radius 1 is 1.47 bits per heavy atom. The summed E-state index contributed by atoms with van der Waals surface area (Å²) in [5.74, 6) is 0.285. The molecule has 1 atom stereocenters. The van der Waals surface area contributed by atoms with Crippen molar-refractivity contribution in [2.24, 2.45) is 5.73 Å². The third-order valence-corrected chi connectivity index (χ3v) is 4.22. The van der Waals surface area contributed by atoms with Crippen molar-refractivity contribution < 1.29 is 12.6 Å². The van der Waals surface area contributed by atoms with Crippen LogP contribution in [0.3, 0.4) is 0 Å². The largest absolute Gasteiger partial charge is 0.325 e. The number of nitrogens with zero attached hydrogens (tertiary/aromatic N) is 1. The molecule has 1 aromatic rings. The van der Waals surface area contributed by atoms with Gasteiger partial charge in [-0.15, -0.1) is 0 Å². The minimum Gasteiger partial charge on any atom is -0.325 e. The Balaban J connectivity index is 2.72. The van der Waals surface area contributed by atoms with E-state index in [9.17, 15) is 12.6 Å². The fourth-order valence-corrected chi connectivity index (χ4v) is 2.59. The second-order valence-corrected chi connectivity index (χ2v) is 6.69. The van der Waals surface area contributed by atoms with Gasteiger partial charge < -0.3 is 5.73 Å². The molecule has 0 aliphatic rings. The van der Waals surface area contributed by atoms with Crippen molar-refractivity contribution in [1.82, 2.24) is 9.71 Å². The van der Waals surface area contributed by atoms with E-state index < -0.39 is 20.8 Å². The molecule has 1 unspecified atom stereocenters. The van der Waals surface area contributed by atoms with Crippen LogP contribution >= 0.6 is 0 Å². The number of nitrogens with two attached hydrogens (primary N) is 1. The molecule has 0 spiro atoms. The fraction of sp³-hybridized carbons (Fsp3) is 0.444. The van der Waals surface area contributed by atoms with Crippen molar-refractivity contribution in [2.75, 3.05) is 18.6 Å². The van der Waals surface area contributed by atoms with Gasteiger partial charge in [0.1, 0.15) is 4.90 Å². The lowest BCUT2D eigenvalue weighted by Gasteiger charge is -2.05. The predicted molar refractivity (Wildman–Crippen MR) is 66.3 cm³/mol. The molecule has 0 radical (unpaired) electrons. The van der Waals surface area contributed by atoms with Crippen LogP contribution in [0.5, 0.6) is 0 Å². The van der Waals surface area contributed by atoms with E-state index in [-0.39, 0.29) is 23.7 Å². The highest BCUT2D eigenvalue weighted by Crippen LogP contribution is 2.07.